The van der Waals surface area contributed by atoms with Crippen molar-refractivity contribution in [2.75, 3.05) is 18.1 Å². The minimum Gasteiger partial charge on any atom is -0.306 e. The van der Waals surface area contributed by atoms with Crippen molar-refractivity contribution >= 4 is 28.1 Å². The maximum Gasteiger partial charge on any atom is 0.234 e. The Bertz CT molecular complexity index is 566. The Morgan fingerprint density at radius 1 is 1.21 bits per heavy atom. The van der Waals surface area contributed by atoms with E-state index >= 15 is 0 Å². The molecule has 3 heterocycles. The second kappa shape index (κ2) is 5.03. The van der Waals surface area contributed by atoms with Crippen molar-refractivity contribution in [2.45, 2.75) is 37.6 Å². The van der Waals surface area contributed by atoms with Crippen LogP contribution in [0.25, 0.3) is 4.96 Å². The molecule has 2 aliphatic rings. The number of aromatic nitrogens is 4. The van der Waals surface area contributed by atoms with Crippen molar-refractivity contribution in [3.63, 3.8) is 0 Å². The summed E-state index contributed by atoms with van der Waals surface area (Å²) in [6, 6.07) is 0.391. The molecule has 0 radical (unpaired) electrons. The summed E-state index contributed by atoms with van der Waals surface area (Å²) < 4.78 is 2.00. The maximum atomic E-state index is 4.78. The molecule has 0 bridgehead atoms. The average molecular weight is 295 g/mol. The first kappa shape index (κ1) is 12.1. The van der Waals surface area contributed by atoms with E-state index in [-0.39, 0.29) is 0 Å². The van der Waals surface area contributed by atoms with Gasteiger partial charge in [-0.25, -0.2) is 0 Å². The van der Waals surface area contributed by atoms with E-state index in [1.807, 2.05) is 16.3 Å². The van der Waals surface area contributed by atoms with Gasteiger partial charge in [0.2, 0.25) is 4.96 Å². The van der Waals surface area contributed by atoms with Crippen LogP contribution >= 0.6 is 23.1 Å². The molecule has 1 aliphatic carbocycles. The Kier molecular flexibility index (Phi) is 3.21. The summed E-state index contributed by atoms with van der Waals surface area (Å²) in [6.45, 7) is 1.07. The van der Waals surface area contributed by atoms with Crippen LogP contribution < -0.4 is 5.32 Å². The van der Waals surface area contributed by atoms with Gasteiger partial charge in [0.1, 0.15) is 5.01 Å². The first-order valence-electron chi connectivity index (χ1n) is 6.95. The van der Waals surface area contributed by atoms with Gasteiger partial charge < -0.3 is 5.32 Å². The number of hydrogen-bond acceptors (Lipinski definition) is 6. The van der Waals surface area contributed by atoms with Gasteiger partial charge in [0.25, 0.3) is 0 Å². The standard InChI is InChI=1S/C12H17N5S2/c1-2-4-8(3-1)10-14-15-12-17(10)16-11(19-12)9-7-18-6-5-13-9/h8-9,13H,1-7H2. The molecule has 0 amide bonds. The van der Waals surface area contributed by atoms with E-state index in [2.05, 4.69) is 15.5 Å². The Labute approximate surface area is 120 Å². The highest BCUT2D eigenvalue weighted by molar-refractivity contribution is 7.99. The van der Waals surface area contributed by atoms with Gasteiger partial charge in [0.15, 0.2) is 5.82 Å². The van der Waals surface area contributed by atoms with Crippen LogP contribution in [0.1, 0.15) is 48.5 Å². The molecule has 1 aliphatic heterocycles. The van der Waals surface area contributed by atoms with E-state index in [1.54, 1.807) is 11.3 Å². The fourth-order valence-electron chi connectivity index (χ4n) is 2.95. The molecule has 2 aromatic heterocycles. The van der Waals surface area contributed by atoms with Crippen molar-refractivity contribution < 1.29 is 0 Å². The zero-order chi connectivity index (χ0) is 12.7. The Morgan fingerprint density at radius 3 is 2.89 bits per heavy atom. The lowest BCUT2D eigenvalue weighted by molar-refractivity contribution is 0.575. The lowest BCUT2D eigenvalue weighted by Crippen LogP contribution is -2.30. The molecule has 102 valence electrons. The van der Waals surface area contributed by atoms with Crippen LogP contribution in [-0.4, -0.2) is 37.9 Å². The second-order valence-electron chi connectivity index (χ2n) is 5.26. The maximum absolute atomic E-state index is 4.78. The minimum absolute atomic E-state index is 0.391. The Hall–Kier alpha value is -0.660. The van der Waals surface area contributed by atoms with E-state index in [4.69, 9.17) is 5.10 Å². The van der Waals surface area contributed by atoms with Crippen LogP contribution in [0.3, 0.4) is 0 Å². The van der Waals surface area contributed by atoms with Gasteiger partial charge in [0, 0.05) is 24.0 Å². The lowest BCUT2D eigenvalue weighted by atomic mass is 10.1. The van der Waals surface area contributed by atoms with Crippen molar-refractivity contribution in [3.8, 4) is 0 Å². The highest BCUT2D eigenvalue weighted by atomic mass is 32.2. The average Bonchev–Trinajstić information content (AvgIpc) is 3.15. The van der Waals surface area contributed by atoms with Crippen LogP contribution in [-0.2, 0) is 0 Å². The molecule has 1 unspecified atom stereocenters. The summed E-state index contributed by atoms with van der Waals surface area (Å²) >= 11 is 3.68. The summed E-state index contributed by atoms with van der Waals surface area (Å²) in [5.41, 5.74) is 0. The summed E-state index contributed by atoms with van der Waals surface area (Å²) in [5, 5.41) is 18.2. The first-order valence-corrected chi connectivity index (χ1v) is 8.92. The van der Waals surface area contributed by atoms with E-state index in [0.717, 1.165) is 28.1 Å². The molecule has 2 fully saturated rings. The normalized spacial score (nSPS) is 25.4. The van der Waals surface area contributed by atoms with Gasteiger partial charge in [-0.15, -0.1) is 10.2 Å². The third-order valence-corrected chi connectivity index (χ3v) is 6.04. The van der Waals surface area contributed by atoms with Gasteiger partial charge in [-0.1, -0.05) is 24.2 Å². The molecule has 0 spiro atoms. The number of nitrogens with zero attached hydrogens (tertiary/aromatic N) is 4. The fourth-order valence-corrected chi connectivity index (χ4v) is 4.92. The third-order valence-electron chi connectivity index (χ3n) is 3.97. The molecular weight excluding hydrogens is 278 g/mol. The van der Waals surface area contributed by atoms with E-state index in [9.17, 15) is 0 Å². The van der Waals surface area contributed by atoms with Gasteiger partial charge in [-0.3, -0.25) is 0 Å². The molecule has 5 nitrogen and oxygen atoms in total. The van der Waals surface area contributed by atoms with Gasteiger partial charge in [0.05, 0.1) is 6.04 Å². The summed E-state index contributed by atoms with van der Waals surface area (Å²) in [5.74, 6) is 3.97. The van der Waals surface area contributed by atoms with Crippen LogP contribution in [0.4, 0.5) is 0 Å². The molecule has 4 rings (SSSR count). The Balaban J connectivity index is 1.67. The predicted molar refractivity (Wildman–Crippen MR) is 77.9 cm³/mol. The van der Waals surface area contributed by atoms with Crippen LogP contribution in [0.15, 0.2) is 0 Å². The molecule has 1 saturated heterocycles. The largest absolute Gasteiger partial charge is 0.306 e. The monoisotopic (exact) mass is 295 g/mol. The quantitative estimate of drug-likeness (QED) is 0.920. The smallest absolute Gasteiger partial charge is 0.234 e. The molecule has 1 N–H and O–H groups in total. The molecular formula is C12H17N5S2. The molecule has 1 saturated carbocycles. The van der Waals surface area contributed by atoms with E-state index in [1.165, 1.54) is 31.4 Å². The second-order valence-corrected chi connectivity index (χ2v) is 7.39. The zero-order valence-corrected chi connectivity index (χ0v) is 12.3. The van der Waals surface area contributed by atoms with E-state index < -0.39 is 0 Å². The van der Waals surface area contributed by atoms with Gasteiger partial charge in [-0.2, -0.15) is 21.4 Å². The van der Waals surface area contributed by atoms with Gasteiger partial charge in [-0.05, 0) is 12.8 Å². The number of hydrogen-bond donors (Lipinski definition) is 1. The van der Waals surface area contributed by atoms with Crippen LogP contribution in [0.2, 0.25) is 0 Å². The minimum atomic E-state index is 0.391. The molecule has 7 heteroatoms. The zero-order valence-electron chi connectivity index (χ0n) is 10.7. The highest BCUT2D eigenvalue weighted by Gasteiger charge is 2.26. The van der Waals surface area contributed by atoms with E-state index in [0.29, 0.717) is 12.0 Å². The molecule has 19 heavy (non-hydrogen) atoms. The van der Waals surface area contributed by atoms with Gasteiger partial charge >= 0.3 is 0 Å². The molecule has 0 aromatic carbocycles. The van der Waals surface area contributed by atoms with Crippen molar-refractivity contribution in [3.05, 3.63) is 10.8 Å². The fraction of sp³-hybridized carbons (Fsp3) is 0.750. The number of nitrogens with one attached hydrogen (secondary N) is 1. The summed E-state index contributed by atoms with van der Waals surface area (Å²) in [4.78, 5) is 0.953. The number of fused-ring (bicyclic) bond motifs is 1. The highest BCUT2D eigenvalue weighted by Crippen LogP contribution is 2.34. The third kappa shape index (κ3) is 2.17. The molecule has 1 atom stereocenters. The Morgan fingerprint density at radius 2 is 2.11 bits per heavy atom. The van der Waals surface area contributed by atoms with Crippen molar-refractivity contribution in [1.82, 2.24) is 25.1 Å². The lowest BCUT2D eigenvalue weighted by Gasteiger charge is -2.20. The van der Waals surface area contributed by atoms with Crippen LogP contribution in [0, 0.1) is 0 Å². The number of thioether (sulfide) groups is 1. The SMILES string of the molecule is C1CCC(c2nnc3sc(C4CSCCN4)nn23)C1. The predicted octanol–water partition coefficient (Wildman–Crippen LogP) is 2.22. The first-order chi connectivity index (χ1) is 9.42. The number of rotatable bonds is 2. The molecule has 2 aromatic rings. The topological polar surface area (TPSA) is 55.1 Å². The summed E-state index contributed by atoms with van der Waals surface area (Å²) in [6.07, 6.45) is 5.12. The van der Waals surface area contributed by atoms with Crippen LogP contribution in [0.5, 0.6) is 0 Å². The summed E-state index contributed by atoms with van der Waals surface area (Å²) in [7, 11) is 0. The van der Waals surface area contributed by atoms with Crippen molar-refractivity contribution in [1.29, 1.82) is 0 Å². The van der Waals surface area contributed by atoms with Crippen molar-refractivity contribution in [2.24, 2.45) is 0 Å².